The predicted molar refractivity (Wildman–Crippen MR) is 81.7 cm³/mol. The molecule has 126 valence electrons. The fourth-order valence-electron chi connectivity index (χ4n) is 1.99. The molecular weight excluding hydrogens is 373 g/mol. The Kier molecular flexibility index (Phi) is 4.87. The molecule has 0 bridgehead atoms. The molecule has 0 amide bonds. The van der Waals surface area contributed by atoms with Gasteiger partial charge in [-0.1, -0.05) is 35.9 Å². The molecule has 0 aliphatic carbocycles. The van der Waals surface area contributed by atoms with Crippen LogP contribution in [-0.4, -0.2) is 16.1 Å². The number of benzene rings is 1. The van der Waals surface area contributed by atoms with Crippen molar-refractivity contribution in [3.63, 3.8) is 0 Å². The fraction of sp³-hybridized carbons (Fsp3) is 0.0667. The number of alkyl halides is 3. The van der Waals surface area contributed by atoms with Crippen molar-refractivity contribution in [1.82, 2.24) is 4.98 Å². The van der Waals surface area contributed by atoms with Crippen LogP contribution < -0.4 is 0 Å². The van der Waals surface area contributed by atoms with Crippen molar-refractivity contribution in [3.8, 4) is 11.3 Å². The number of rotatable bonds is 3. The number of aromatic carboxylic acids is 1. The zero-order chi connectivity index (χ0) is 18.2. The van der Waals surface area contributed by atoms with Crippen LogP contribution in [0.4, 0.5) is 17.6 Å². The molecular formula is C15H7Cl2F4NO2. The Labute approximate surface area is 143 Å². The number of hydrogen-bond acceptors (Lipinski definition) is 2. The first-order valence-electron chi connectivity index (χ1n) is 6.19. The quantitative estimate of drug-likeness (QED) is 0.710. The van der Waals surface area contributed by atoms with Crippen molar-refractivity contribution in [1.29, 1.82) is 0 Å². The van der Waals surface area contributed by atoms with Crippen LogP contribution in [0.3, 0.4) is 0 Å². The number of halogens is 6. The molecule has 1 aromatic carbocycles. The summed E-state index contributed by atoms with van der Waals surface area (Å²) in [6.45, 7) is 3.28. The summed E-state index contributed by atoms with van der Waals surface area (Å²) in [4.78, 5) is 14.6. The monoisotopic (exact) mass is 379 g/mol. The third-order valence-corrected chi connectivity index (χ3v) is 3.65. The van der Waals surface area contributed by atoms with Crippen molar-refractivity contribution in [2.24, 2.45) is 0 Å². The molecule has 0 saturated heterocycles. The molecule has 1 heterocycles. The first-order chi connectivity index (χ1) is 11.1. The minimum atomic E-state index is -4.69. The van der Waals surface area contributed by atoms with Gasteiger partial charge >= 0.3 is 12.1 Å². The highest BCUT2D eigenvalue weighted by molar-refractivity contribution is 6.34. The van der Waals surface area contributed by atoms with E-state index in [1.807, 2.05) is 0 Å². The fourth-order valence-corrected chi connectivity index (χ4v) is 2.46. The molecule has 1 aromatic heterocycles. The van der Waals surface area contributed by atoms with Gasteiger partial charge in [0, 0.05) is 5.56 Å². The lowest BCUT2D eigenvalue weighted by molar-refractivity contribution is -0.137. The van der Waals surface area contributed by atoms with Gasteiger partial charge in [0.15, 0.2) is 11.5 Å². The first-order valence-corrected chi connectivity index (χ1v) is 6.94. The van der Waals surface area contributed by atoms with E-state index in [1.54, 1.807) is 0 Å². The molecule has 0 spiro atoms. The average molecular weight is 380 g/mol. The van der Waals surface area contributed by atoms with Crippen LogP contribution in [0.25, 0.3) is 17.3 Å². The summed E-state index contributed by atoms with van der Waals surface area (Å²) >= 11 is 11.4. The largest absolute Gasteiger partial charge is 0.476 e. The van der Waals surface area contributed by atoms with Gasteiger partial charge < -0.3 is 5.11 Å². The van der Waals surface area contributed by atoms with Crippen LogP contribution in [-0.2, 0) is 6.18 Å². The second kappa shape index (κ2) is 6.41. The lowest BCUT2D eigenvalue weighted by atomic mass is 10.0. The second-order valence-electron chi connectivity index (χ2n) is 4.58. The van der Waals surface area contributed by atoms with Gasteiger partial charge in [0.1, 0.15) is 5.69 Å². The third-order valence-electron chi connectivity index (χ3n) is 3.05. The number of hydrogen-bond donors (Lipinski definition) is 1. The average Bonchev–Trinajstić information content (AvgIpc) is 2.46. The number of carbonyl (C=O) groups is 1. The first kappa shape index (κ1) is 18.2. The Morgan fingerprint density at radius 1 is 1.21 bits per heavy atom. The summed E-state index contributed by atoms with van der Waals surface area (Å²) in [5.41, 5.74) is -2.80. The van der Waals surface area contributed by atoms with E-state index in [9.17, 15) is 22.4 Å². The van der Waals surface area contributed by atoms with E-state index in [4.69, 9.17) is 28.3 Å². The van der Waals surface area contributed by atoms with Crippen LogP contribution in [0.1, 0.15) is 21.6 Å². The van der Waals surface area contributed by atoms with E-state index in [0.717, 1.165) is 12.1 Å². The summed E-state index contributed by atoms with van der Waals surface area (Å²) in [7, 11) is 0. The standard InChI is InChI=1S/C15H7Cl2F4NO2/c1-2-6-3-7(9(16)4-8(6)15(19,20)21)12-11(18)5-10(17)13(22-12)14(23)24/h2-5H,1H2,(H,23,24). The van der Waals surface area contributed by atoms with Gasteiger partial charge in [0.25, 0.3) is 0 Å². The highest BCUT2D eigenvalue weighted by atomic mass is 35.5. The van der Waals surface area contributed by atoms with Crippen LogP contribution in [0.5, 0.6) is 0 Å². The van der Waals surface area contributed by atoms with Crippen molar-refractivity contribution >= 4 is 35.2 Å². The number of carboxylic acids is 1. The predicted octanol–water partition coefficient (Wildman–Crippen LogP) is 5.55. The second-order valence-corrected chi connectivity index (χ2v) is 5.39. The van der Waals surface area contributed by atoms with Gasteiger partial charge in [-0.05, 0) is 23.8 Å². The van der Waals surface area contributed by atoms with Gasteiger partial charge in [-0.3, -0.25) is 0 Å². The van der Waals surface area contributed by atoms with Gasteiger partial charge in [-0.25, -0.2) is 14.2 Å². The molecule has 1 N–H and O–H groups in total. The molecule has 2 rings (SSSR count). The number of aromatic nitrogens is 1. The molecule has 0 unspecified atom stereocenters. The number of pyridine rings is 1. The minimum absolute atomic E-state index is 0.212. The van der Waals surface area contributed by atoms with Crippen LogP contribution in [0, 0.1) is 5.82 Å². The van der Waals surface area contributed by atoms with E-state index in [1.165, 1.54) is 0 Å². The Bertz CT molecular complexity index is 850. The lowest BCUT2D eigenvalue weighted by Gasteiger charge is -2.14. The van der Waals surface area contributed by atoms with Gasteiger partial charge in [0.05, 0.1) is 15.6 Å². The molecule has 0 aliphatic rings. The zero-order valence-corrected chi connectivity index (χ0v) is 13.1. The van der Waals surface area contributed by atoms with Crippen LogP contribution in [0.2, 0.25) is 10.0 Å². The smallest absolute Gasteiger partial charge is 0.417 e. The summed E-state index contributed by atoms with van der Waals surface area (Å²) in [6, 6.07) is 2.24. The summed E-state index contributed by atoms with van der Waals surface area (Å²) in [5.74, 6) is -2.55. The SMILES string of the molecule is C=Cc1cc(-c2nc(C(=O)O)c(Cl)cc2F)c(Cl)cc1C(F)(F)F. The van der Waals surface area contributed by atoms with E-state index in [0.29, 0.717) is 12.1 Å². The number of carboxylic acid groups (broad SMARTS) is 1. The van der Waals surface area contributed by atoms with Gasteiger partial charge in [-0.15, -0.1) is 0 Å². The summed E-state index contributed by atoms with van der Waals surface area (Å²) < 4.78 is 53.0. The maximum atomic E-state index is 14.1. The van der Waals surface area contributed by atoms with E-state index in [-0.39, 0.29) is 11.1 Å². The van der Waals surface area contributed by atoms with E-state index < -0.39 is 45.0 Å². The van der Waals surface area contributed by atoms with Crippen molar-refractivity contribution in [2.45, 2.75) is 6.18 Å². The minimum Gasteiger partial charge on any atom is -0.476 e. The van der Waals surface area contributed by atoms with Gasteiger partial charge in [-0.2, -0.15) is 13.2 Å². The highest BCUT2D eigenvalue weighted by Crippen LogP contribution is 2.39. The highest BCUT2D eigenvalue weighted by Gasteiger charge is 2.34. The molecule has 24 heavy (non-hydrogen) atoms. The Morgan fingerprint density at radius 3 is 2.33 bits per heavy atom. The Hall–Kier alpha value is -2.12. The maximum Gasteiger partial charge on any atom is 0.417 e. The molecule has 9 heteroatoms. The van der Waals surface area contributed by atoms with Crippen molar-refractivity contribution in [2.75, 3.05) is 0 Å². The topological polar surface area (TPSA) is 50.2 Å². The van der Waals surface area contributed by atoms with Crippen molar-refractivity contribution < 1.29 is 27.5 Å². The van der Waals surface area contributed by atoms with Crippen molar-refractivity contribution in [3.05, 3.63) is 57.5 Å². The van der Waals surface area contributed by atoms with E-state index >= 15 is 0 Å². The maximum absolute atomic E-state index is 14.1. The van der Waals surface area contributed by atoms with E-state index in [2.05, 4.69) is 11.6 Å². The molecule has 0 aliphatic heterocycles. The lowest BCUT2D eigenvalue weighted by Crippen LogP contribution is -2.09. The molecule has 0 radical (unpaired) electrons. The zero-order valence-electron chi connectivity index (χ0n) is 11.6. The Balaban J connectivity index is 2.77. The molecule has 2 aromatic rings. The molecule has 0 saturated carbocycles. The Morgan fingerprint density at radius 2 is 1.83 bits per heavy atom. The number of nitrogens with zero attached hydrogens (tertiary/aromatic N) is 1. The molecule has 0 fully saturated rings. The molecule has 0 atom stereocenters. The third kappa shape index (κ3) is 3.37. The van der Waals surface area contributed by atoms with Crippen LogP contribution in [0.15, 0.2) is 24.8 Å². The van der Waals surface area contributed by atoms with Crippen LogP contribution >= 0.6 is 23.2 Å². The molecule has 3 nitrogen and oxygen atoms in total. The normalized spacial score (nSPS) is 11.4. The summed E-state index contributed by atoms with van der Waals surface area (Å²) in [6.07, 6.45) is -3.77. The summed E-state index contributed by atoms with van der Waals surface area (Å²) in [5, 5.41) is 8.09. The van der Waals surface area contributed by atoms with Gasteiger partial charge in [0.2, 0.25) is 0 Å².